The summed E-state index contributed by atoms with van der Waals surface area (Å²) in [6.07, 6.45) is 2.74. The van der Waals surface area contributed by atoms with Gasteiger partial charge in [-0.3, -0.25) is 0 Å². The molecule has 1 aromatic rings. The Morgan fingerprint density at radius 2 is 2.00 bits per heavy atom. The fourth-order valence-electron chi connectivity index (χ4n) is 1.58. The fourth-order valence-corrected chi connectivity index (χ4v) is 1.58. The van der Waals surface area contributed by atoms with Crippen molar-refractivity contribution in [2.24, 2.45) is 0 Å². The summed E-state index contributed by atoms with van der Waals surface area (Å²) >= 11 is 0. The molecule has 0 radical (unpaired) electrons. The zero-order valence-corrected chi connectivity index (χ0v) is 8.89. The Morgan fingerprint density at radius 3 is 2.38 bits per heavy atom. The van der Waals surface area contributed by atoms with Crippen molar-refractivity contribution in [2.75, 3.05) is 5.73 Å². The van der Waals surface area contributed by atoms with E-state index in [2.05, 4.69) is 38.7 Å². The number of hydrogen-bond acceptors (Lipinski definition) is 2. The van der Waals surface area contributed by atoms with Crippen molar-refractivity contribution >= 4 is 5.82 Å². The number of hydrogen-bond donors (Lipinski definition) is 1. The van der Waals surface area contributed by atoms with E-state index in [-0.39, 0.29) is 5.41 Å². The van der Waals surface area contributed by atoms with E-state index in [0.29, 0.717) is 5.82 Å². The lowest BCUT2D eigenvalue weighted by Crippen LogP contribution is -2.15. The van der Waals surface area contributed by atoms with Crippen molar-refractivity contribution in [1.82, 2.24) is 4.98 Å². The van der Waals surface area contributed by atoms with Gasteiger partial charge in [-0.15, -0.1) is 0 Å². The summed E-state index contributed by atoms with van der Waals surface area (Å²) in [6.45, 7) is 8.70. The van der Waals surface area contributed by atoms with E-state index >= 15 is 0 Å². The first-order chi connectivity index (χ1) is 5.96. The smallest absolute Gasteiger partial charge is 0.126 e. The van der Waals surface area contributed by atoms with E-state index in [1.807, 2.05) is 0 Å². The van der Waals surface area contributed by atoms with E-state index in [1.165, 1.54) is 11.1 Å². The average molecular weight is 178 g/mol. The van der Waals surface area contributed by atoms with Gasteiger partial charge in [0.05, 0.1) is 0 Å². The normalized spacial score (nSPS) is 11.7. The molecule has 0 unspecified atom stereocenters. The quantitative estimate of drug-likeness (QED) is 0.717. The molecule has 2 N–H and O–H groups in total. The monoisotopic (exact) mass is 178 g/mol. The SMILES string of the molecule is CCc1c(C(C)(C)C)ccnc1N. The lowest BCUT2D eigenvalue weighted by atomic mass is 9.84. The maximum absolute atomic E-state index is 5.82. The van der Waals surface area contributed by atoms with Crippen molar-refractivity contribution in [2.45, 2.75) is 39.5 Å². The van der Waals surface area contributed by atoms with E-state index in [9.17, 15) is 0 Å². The standard InChI is InChI=1S/C11H18N2/c1-5-8-9(11(2,3)4)6-7-13-10(8)12/h6-7H,5H2,1-4H3,(H2,12,13). The highest BCUT2D eigenvalue weighted by atomic mass is 14.8. The van der Waals surface area contributed by atoms with Gasteiger partial charge < -0.3 is 5.73 Å². The van der Waals surface area contributed by atoms with Gasteiger partial charge >= 0.3 is 0 Å². The predicted octanol–water partition coefficient (Wildman–Crippen LogP) is 2.52. The number of aromatic nitrogens is 1. The van der Waals surface area contributed by atoms with Crippen molar-refractivity contribution in [3.8, 4) is 0 Å². The molecule has 2 heteroatoms. The van der Waals surface area contributed by atoms with Gasteiger partial charge in [0.25, 0.3) is 0 Å². The van der Waals surface area contributed by atoms with Crippen LogP contribution < -0.4 is 5.73 Å². The van der Waals surface area contributed by atoms with Crippen LogP contribution in [0.1, 0.15) is 38.8 Å². The third-order valence-corrected chi connectivity index (χ3v) is 2.25. The molecule has 0 aliphatic heterocycles. The first kappa shape index (κ1) is 10.0. The highest BCUT2D eigenvalue weighted by Gasteiger charge is 2.18. The zero-order chi connectivity index (χ0) is 10.1. The molecule has 0 aliphatic carbocycles. The molecule has 72 valence electrons. The number of rotatable bonds is 1. The number of nitrogens with zero attached hydrogens (tertiary/aromatic N) is 1. The maximum Gasteiger partial charge on any atom is 0.126 e. The molecule has 1 heterocycles. The molecule has 0 bridgehead atoms. The maximum atomic E-state index is 5.82. The molecule has 2 nitrogen and oxygen atoms in total. The van der Waals surface area contributed by atoms with Gasteiger partial charge in [-0.25, -0.2) is 4.98 Å². The summed E-state index contributed by atoms with van der Waals surface area (Å²) in [6, 6.07) is 2.06. The third-order valence-electron chi connectivity index (χ3n) is 2.25. The van der Waals surface area contributed by atoms with Gasteiger partial charge in [-0.2, -0.15) is 0 Å². The third kappa shape index (κ3) is 2.00. The highest BCUT2D eigenvalue weighted by molar-refractivity contribution is 5.46. The van der Waals surface area contributed by atoms with E-state index in [4.69, 9.17) is 5.73 Å². The number of nitrogens with two attached hydrogens (primary N) is 1. The van der Waals surface area contributed by atoms with Crippen molar-refractivity contribution in [3.63, 3.8) is 0 Å². The van der Waals surface area contributed by atoms with Crippen molar-refractivity contribution < 1.29 is 0 Å². The Balaban J connectivity index is 3.29. The van der Waals surface area contributed by atoms with Crippen LogP contribution in [-0.2, 0) is 11.8 Å². The van der Waals surface area contributed by atoms with Crippen LogP contribution >= 0.6 is 0 Å². The molecule has 0 saturated heterocycles. The van der Waals surface area contributed by atoms with Crippen LogP contribution in [0.3, 0.4) is 0 Å². The lowest BCUT2D eigenvalue weighted by molar-refractivity contribution is 0.582. The second-order valence-corrected chi connectivity index (χ2v) is 4.33. The molecular formula is C11H18N2. The van der Waals surface area contributed by atoms with E-state index < -0.39 is 0 Å². The Kier molecular flexibility index (Phi) is 2.60. The first-order valence-corrected chi connectivity index (χ1v) is 4.70. The molecule has 0 amide bonds. The van der Waals surface area contributed by atoms with Gasteiger partial charge in [-0.1, -0.05) is 27.7 Å². The van der Waals surface area contributed by atoms with Crippen LogP contribution in [-0.4, -0.2) is 4.98 Å². The van der Waals surface area contributed by atoms with Gasteiger partial charge in [0.2, 0.25) is 0 Å². The van der Waals surface area contributed by atoms with Gasteiger partial charge in [0.15, 0.2) is 0 Å². The lowest BCUT2D eigenvalue weighted by Gasteiger charge is -2.22. The van der Waals surface area contributed by atoms with Crippen LogP contribution in [0.2, 0.25) is 0 Å². The summed E-state index contributed by atoms with van der Waals surface area (Å²) in [5.41, 5.74) is 8.47. The molecule has 0 spiro atoms. The van der Waals surface area contributed by atoms with Crippen LogP contribution in [0.15, 0.2) is 12.3 Å². The molecule has 0 aromatic carbocycles. The van der Waals surface area contributed by atoms with Crippen molar-refractivity contribution in [1.29, 1.82) is 0 Å². The Labute approximate surface area is 80.2 Å². The molecule has 0 saturated carbocycles. The molecule has 0 fully saturated rings. The molecule has 1 aromatic heterocycles. The highest BCUT2D eigenvalue weighted by Crippen LogP contribution is 2.28. The summed E-state index contributed by atoms with van der Waals surface area (Å²) in [5.74, 6) is 0.676. The van der Waals surface area contributed by atoms with Crippen LogP contribution in [0.25, 0.3) is 0 Å². The van der Waals surface area contributed by atoms with Crippen LogP contribution in [0.5, 0.6) is 0 Å². The molecular weight excluding hydrogens is 160 g/mol. The fraction of sp³-hybridized carbons (Fsp3) is 0.545. The number of anilines is 1. The van der Waals surface area contributed by atoms with Gasteiger partial charge in [0, 0.05) is 6.20 Å². The minimum absolute atomic E-state index is 0.155. The molecule has 13 heavy (non-hydrogen) atoms. The molecule has 0 atom stereocenters. The summed E-state index contributed by atoms with van der Waals surface area (Å²) < 4.78 is 0. The van der Waals surface area contributed by atoms with Crippen LogP contribution in [0, 0.1) is 0 Å². The van der Waals surface area contributed by atoms with Crippen molar-refractivity contribution in [3.05, 3.63) is 23.4 Å². The first-order valence-electron chi connectivity index (χ1n) is 4.70. The largest absolute Gasteiger partial charge is 0.383 e. The summed E-state index contributed by atoms with van der Waals surface area (Å²) in [4.78, 5) is 4.10. The van der Waals surface area contributed by atoms with Gasteiger partial charge in [-0.05, 0) is 29.0 Å². The summed E-state index contributed by atoms with van der Waals surface area (Å²) in [7, 11) is 0. The molecule has 0 aliphatic rings. The van der Waals surface area contributed by atoms with E-state index in [1.54, 1.807) is 6.20 Å². The minimum Gasteiger partial charge on any atom is -0.383 e. The second-order valence-electron chi connectivity index (χ2n) is 4.33. The Bertz CT molecular complexity index is 297. The number of nitrogen functional groups attached to an aromatic ring is 1. The number of pyridine rings is 1. The minimum atomic E-state index is 0.155. The van der Waals surface area contributed by atoms with Crippen LogP contribution in [0.4, 0.5) is 5.82 Å². The Hall–Kier alpha value is -1.05. The van der Waals surface area contributed by atoms with Gasteiger partial charge in [0.1, 0.15) is 5.82 Å². The Morgan fingerprint density at radius 1 is 1.38 bits per heavy atom. The predicted molar refractivity (Wildman–Crippen MR) is 56.7 cm³/mol. The second kappa shape index (κ2) is 3.36. The summed E-state index contributed by atoms with van der Waals surface area (Å²) in [5, 5.41) is 0. The zero-order valence-electron chi connectivity index (χ0n) is 8.89. The molecule has 1 rings (SSSR count). The topological polar surface area (TPSA) is 38.9 Å². The van der Waals surface area contributed by atoms with E-state index in [0.717, 1.165) is 6.42 Å². The average Bonchev–Trinajstić information content (AvgIpc) is 2.02.